The number of phenols is 1. The molecule has 0 aliphatic rings. The number of phenolic OH excluding ortho intramolecular Hbond substituents is 1. The zero-order chi connectivity index (χ0) is 11.6. The van der Waals surface area contributed by atoms with Crippen molar-refractivity contribution in [2.24, 2.45) is 5.73 Å². The van der Waals surface area contributed by atoms with E-state index in [0.29, 0.717) is 17.7 Å². The van der Waals surface area contributed by atoms with Gasteiger partial charge in [-0.05, 0) is 33.2 Å². The summed E-state index contributed by atoms with van der Waals surface area (Å²) >= 11 is 0. The topological polar surface area (TPSA) is 49.5 Å². The zero-order valence-corrected chi connectivity index (χ0v) is 9.29. The Morgan fingerprint density at radius 2 is 2.07 bits per heavy atom. The summed E-state index contributed by atoms with van der Waals surface area (Å²) in [6.45, 7) is 2.21. The minimum absolute atomic E-state index is 0.0973. The summed E-state index contributed by atoms with van der Waals surface area (Å²) in [7, 11) is 3.71. The molecule has 1 aromatic carbocycles. The molecule has 3 nitrogen and oxygen atoms in total. The summed E-state index contributed by atoms with van der Waals surface area (Å²) < 4.78 is 13.2. The van der Waals surface area contributed by atoms with Gasteiger partial charge in [-0.3, -0.25) is 0 Å². The van der Waals surface area contributed by atoms with Gasteiger partial charge in [0.2, 0.25) is 0 Å². The van der Waals surface area contributed by atoms with Crippen LogP contribution >= 0.6 is 0 Å². The first-order valence-corrected chi connectivity index (χ1v) is 4.83. The van der Waals surface area contributed by atoms with Crippen molar-refractivity contribution < 1.29 is 9.50 Å². The second kappa shape index (κ2) is 4.59. The number of hydrogen-bond acceptors (Lipinski definition) is 3. The van der Waals surface area contributed by atoms with Gasteiger partial charge in [0.15, 0.2) is 0 Å². The van der Waals surface area contributed by atoms with Gasteiger partial charge >= 0.3 is 0 Å². The minimum atomic E-state index is -0.374. The molecule has 15 heavy (non-hydrogen) atoms. The maximum absolute atomic E-state index is 13.2. The summed E-state index contributed by atoms with van der Waals surface area (Å²) in [6.07, 6.45) is 0. The van der Waals surface area contributed by atoms with E-state index >= 15 is 0 Å². The molecule has 0 heterocycles. The van der Waals surface area contributed by atoms with Crippen LogP contribution in [0.15, 0.2) is 12.1 Å². The lowest BCUT2D eigenvalue weighted by molar-refractivity contribution is 0.381. The Morgan fingerprint density at radius 3 is 2.53 bits per heavy atom. The van der Waals surface area contributed by atoms with Crippen LogP contribution < -0.4 is 5.73 Å². The first-order chi connectivity index (χ1) is 6.91. The lowest BCUT2D eigenvalue weighted by Gasteiger charge is -2.15. The van der Waals surface area contributed by atoms with Crippen molar-refractivity contribution in [2.45, 2.75) is 19.5 Å². The van der Waals surface area contributed by atoms with Crippen LogP contribution in [0.3, 0.4) is 0 Å². The molecule has 0 bridgehead atoms. The molecule has 0 aliphatic heterocycles. The standard InChI is InChI=1S/C11H17FN2O/c1-7(13)10-5-9(12)4-8(11(10)15)6-14(2)3/h4-5,7,15H,6,13H2,1-3H3. The second-order valence-electron chi connectivity index (χ2n) is 4.03. The first kappa shape index (κ1) is 11.9. The quantitative estimate of drug-likeness (QED) is 0.800. The third kappa shape index (κ3) is 2.91. The zero-order valence-electron chi connectivity index (χ0n) is 9.29. The van der Waals surface area contributed by atoms with Crippen molar-refractivity contribution in [1.82, 2.24) is 4.90 Å². The molecule has 1 rings (SSSR count). The second-order valence-corrected chi connectivity index (χ2v) is 4.03. The van der Waals surface area contributed by atoms with Gasteiger partial charge in [0.1, 0.15) is 11.6 Å². The molecule has 0 spiro atoms. The summed E-state index contributed by atoms with van der Waals surface area (Å²) in [5.74, 6) is -0.267. The molecule has 0 saturated heterocycles. The van der Waals surface area contributed by atoms with Crippen LogP contribution in [0.2, 0.25) is 0 Å². The number of hydrogen-bond donors (Lipinski definition) is 2. The lowest BCUT2D eigenvalue weighted by Crippen LogP contribution is -2.13. The van der Waals surface area contributed by atoms with Crippen molar-refractivity contribution in [3.63, 3.8) is 0 Å². The molecule has 84 valence electrons. The lowest BCUT2D eigenvalue weighted by atomic mass is 10.0. The summed E-state index contributed by atoms with van der Waals surface area (Å²) in [4.78, 5) is 1.86. The van der Waals surface area contributed by atoms with Crippen LogP contribution in [0.1, 0.15) is 24.1 Å². The third-order valence-corrected chi connectivity index (χ3v) is 2.16. The SMILES string of the molecule is CC(N)c1cc(F)cc(CN(C)C)c1O. The Kier molecular flexibility index (Phi) is 3.66. The molecule has 0 aromatic heterocycles. The van der Waals surface area contributed by atoms with Gasteiger partial charge < -0.3 is 15.7 Å². The average Bonchev–Trinajstić information content (AvgIpc) is 2.09. The average molecular weight is 212 g/mol. The van der Waals surface area contributed by atoms with Gasteiger partial charge in [-0.25, -0.2) is 4.39 Å². The van der Waals surface area contributed by atoms with Crippen LogP contribution in [0.5, 0.6) is 5.75 Å². The Morgan fingerprint density at radius 1 is 1.47 bits per heavy atom. The van der Waals surface area contributed by atoms with E-state index < -0.39 is 0 Å². The van der Waals surface area contributed by atoms with Crippen LogP contribution in [-0.4, -0.2) is 24.1 Å². The molecule has 1 unspecified atom stereocenters. The third-order valence-electron chi connectivity index (χ3n) is 2.16. The predicted molar refractivity (Wildman–Crippen MR) is 58.1 cm³/mol. The van der Waals surface area contributed by atoms with Crippen LogP contribution in [-0.2, 0) is 6.54 Å². The van der Waals surface area contributed by atoms with Gasteiger partial charge in [-0.15, -0.1) is 0 Å². The molecule has 3 N–H and O–H groups in total. The number of benzene rings is 1. The fourth-order valence-corrected chi connectivity index (χ4v) is 1.49. The Balaban J connectivity index is 3.16. The molecule has 1 aromatic rings. The number of nitrogens with two attached hydrogens (primary N) is 1. The molecule has 0 saturated carbocycles. The molecule has 0 fully saturated rings. The molecule has 0 radical (unpaired) electrons. The number of nitrogens with zero attached hydrogens (tertiary/aromatic N) is 1. The van der Waals surface area contributed by atoms with E-state index in [2.05, 4.69) is 0 Å². The highest BCUT2D eigenvalue weighted by atomic mass is 19.1. The minimum Gasteiger partial charge on any atom is -0.507 e. The van der Waals surface area contributed by atoms with Crippen LogP contribution in [0.25, 0.3) is 0 Å². The fourth-order valence-electron chi connectivity index (χ4n) is 1.49. The van der Waals surface area contributed by atoms with E-state index in [4.69, 9.17) is 5.73 Å². The van der Waals surface area contributed by atoms with Gasteiger partial charge in [-0.2, -0.15) is 0 Å². The molecular formula is C11H17FN2O. The van der Waals surface area contributed by atoms with Gasteiger partial charge in [0.25, 0.3) is 0 Å². The van der Waals surface area contributed by atoms with E-state index in [1.54, 1.807) is 6.92 Å². The van der Waals surface area contributed by atoms with Crippen LogP contribution in [0.4, 0.5) is 4.39 Å². The molecular weight excluding hydrogens is 195 g/mol. The predicted octanol–water partition coefficient (Wildman–Crippen LogP) is 1.61. The van der Waals surface area contributed by atoms with E-state index in [1.807, 2.05) is 19.0 Å². The maximum Gasteiger partial charge on any atom is 0.125 e. The maximum atomic E-state index is 13.2. The van der Waals surface area contributed by atoms with Gasteiger partial charge in [0, 0.05) is 23.7 Å². The molecule has 1 atom stereocenters. The Hall–Kier alpha value is -1.13. The van der Waals surface area contributed by atoms with Crippen LogP contribution in [0, 0.1) is 5.82 Å². The number of halogens is 1. The highest BCUT2D eigenvalue weighted by Gasteiger charge is 2.13. The van der Waals surface area contributed by atoms with Gasteiger partial charge in [-0.1, -0.05) is 0 Å². The van der Waals surface area contributed by atoms with E-state index in [1.165, 1.54) is 12.1 Å². The number of aromatic hydroxyl groups is 1. The smallest absolute Gasteiger partial charge is 0.125 e. The fraction of sp³-hybridized carbons (Fsp3) is 0.455. The Labute approximate surface area is 89.3 Å². The van der Waals surface area contributed by atoms with Gasteiger partial charge in [0.05, 0.1) is 0 Å². The first-order valence-electron chi connectivity index (χ1n) is 4.83. The monoisotopic (exact) mass is 212 g/mol. The highest BCUT2D eigenvalue weighted by molar-refractivity contribution is 5.42. The molecule has 4 heteroatoms. The Bertz CT molecular complexity index is 351. The normalized spacial score (nSPS) is 13.2. The molecule has 0 amide bonds. The van der Waals surface area contributed by atoms with Crippen molar-refractivity contribution in [3.05, 3.63) is 29.1 Å². The van der Waals surface area contributed by atoms with Crippen molar-refractivity contribution in [3.8, 4) is 5.75 Å². The summed E-state index contributed by atoms with van der Waals surface area (Å²) in [5.41, 5.74) is 6.66. The van der Waals surface area contributed by atoms with Crippen molar-refractivity contribution >= 4 is 0 Å². The van der Waals surface area contributed by atoms with Crippen molar-refractivity contribution in [1.29, 1.82) is 0 Å². The van der Waals surface area contributed by atoms with E-state index in [9.17, 15) is 9.50 Å². The van der Waals surface area contributed by atoms with E-state index in [0.717, 1.165) is 0 Å². The number of rotatable bonds is 3. The largest absolute Gasteiger partial charge is 0.507 e. The molecule has 0 aliphatic carbocycles. The summed E-state index contributed by atoms with van der Waals surface area (Å²) in [6, 6.07) is 2.24. The van der Waals surface area contributed by atoms with Crippen molar-refractivity contribution in [2.75, 3.05) is 14.1 Å². The highest BCUT2D eigenvalue weighted by Crippen LogP contribution is 2.28. The van der Waals surface area contributed by atoms with E-state index in [-0.39, 0.29) is 17.6 Å². The summed E-state index contributed by atoms with van der Waals surface area (Å²) in [5, 5.41) is 9.86.